The first-order chi connectivity index (χ1) is 12.5. The number of benzene rings is 1. The molecule has 136 valence electrons. The maximum absolute atomic E-state index is 6.22. The number of guanidine groups is 1. The largest absolute Gasteiger partial charge is 0.370 e. The van der Waals surface area contributed by atoms with E-state index in [0.717, 1.165) is 29.9 Å². The first kappa shape index (κ1) is 18.5. The Hall–Kier alpha value is -2.31. The highest BCUT2D eigenvalue weighted by Crippen LogP contribution is 2.25. The molecule has 0 amide bonds. The molecule has 0 radical (unpaired) electrons. The Kier molecular flexibility index (Phi) is 5.96. The number of aromatic nitrogens is 3. The van der Waals surface area contributed by atoms with Crippen LogP contribution in [0.4, 0.5) is 0 Å². The van der Waals surface area contributed by atoms with Crippen LogP contribution in [-0.2, 0) is 6.42 Å². The normalized spacial score (nSPS) is 13.1. The summed E-state index contributed by atoms with van der Waals surface area (Å²) < 4.78 is 1.98. The van der Waals surface area contributed by atoms with Gasteiger partial charge in [-0.2, -0.15) is 0 Å². The van der Waals surface area contributed by atoms with E-state index >= 15 is 0 Å². The summed E-state index contributed by atoms with van der Waals surface area (Å²) in [7, 11) is 0. The standard InChI is InChI=1S/C18H20Cl2N6/c1-12(14-8-7-13(19)11-15(14)20)23-18(21)22-9-4-6-17-25-24-16-5-2-3-10-26(16)17/h2-3,5,7-8,10-12H,4,6,9H2,1H3,(H3,21,22,23). The lowest BCUT2D eigenvalue weighted by molar-refractivity contribution is 0.702. The Labute approximate surface area is 162 Å². The van der Waals surface area contributed by atoms with Crippen molar-refractivity contribution >= 4 is 34.8 Å². The van der Waals surface area contributed by atoms with Crippen LogP contribution in [0.1, 0.15) is 30.8 Å². The van der Waals surface area contributed by atoms with Gasteiger partial charge in [0.15, 0.2) is 11.6 Å². The quantitative estimate of drug-likeness (QED) is 0.382. The van der Waals surface area contributed by atoms with Crippen LogP contribution in [-0.4, -0.2) is 27.1 Å². The fraction of sp³-hybridized carbons (Fsp3) is 0.278. The lowest BCUT2D eigenvalue weighted by atomic mass is 10.1. The average molecular weight is 391 g/mol. The molecular weight excluding hydrogens is 371 g/mol. The molecule has 26 heavy (non-hydrogen) atoms. The lowest BCUT2D eigenvalue weighted by Crippen LogP contribution is -2.34. The number of hydrogen-bond acceptors (Lipinski definition) is 3. The van der Waals surface area contributed by atoms with Crippen molar-refractivity contribution in [2.75, 3.05) is 6.54 Å². The molecule has 1 atom stereocenters. The maximum atomic E-state index is 6.22. The van der Waals surface area contributed by atoms with Crippen LogP contribution in [0, 0.1) is 0 Å². The second-order valence-electron chi connectivity index (χ2n) is 5.95. The molecule has 0 spiro atoms. The van der Waals surface area contributed by atoms with Crippen molar-refractivity contribution in [1.82, 2.24) is 19.9 Å². The van der Waals surface area contributed by atoms with E-state index in [1.165, 1.54) is 0 Å². The van der Waals surface area contributed by atoms with Gasteiger partial charge in [-0.3, -0.25) is 9.39 Å². The fourth-order valence-electron chi connectivity index (χ4n) is 2.70. The van der Waals surface area contributed by atoms with Crippen molar-refractivity contribution in [3.63, 3.8) is 0 Å². The molecule has 1 aromatic carbocycles. The van der Waals surface area contributed by atoms with Gasteiger partial charge in [0.2, 0.25) is 0 Å². The zero-order valence-corrected chi connectivity index (χ0v) is 15.9. The Morgan fingerprint density at radius 2 is 2.12 bits per heavy atom. The summed E-state index contributed by atoms with van der Waals surface area (Å²) in [6.07, 6.45) is 3.57. The monoisotopic (exact) mass is 390 g/mol. The molecule has 3 rings (SSSR count). The second-order valence-corrected chi connectivity index (χ2v) is 6.79. The molecule has 1 unspecified atom stereocenters. The number of fused-ring (bicyclic) bond motifs is 1. The lowest BCUT2D eigenvalue weighted by Gasteiger charge is -2.16. The summed E-state index contributed by atoms with van der Waals surface area (Å²) in [5, 5.41) is 12.7. The van der Waals surface area contributed by atoms with E-state index in [1.54, 1.807) is 12.1 Å². The van der Waals surface area contributed by atoms with E-state index in [1.807, 2.05) is 41.8 Å². The molecule has 0 saturated heterocycles. The zero-order chi connectivity index (χ0) is 18.5. The van der Waals surface area contributed by atoms with Crippen LogP contribution in [0.25, 0.3) is 5.65 Å². The van der Waals surface area contributed by atoms with Crippen LogP contribution < -0.4 is 11.1 Å². The third-order valence-electron chi connectivity index (χ3n) is 4.02. The van der Waals surface area contributed by atoms with Crippen molar-refractivity contribution < 1.29 is 0 Å². The van der Waals surface area contributed by atoms with Crippen LogP contribution in [0.2, 0.25) is 10.0 Å². The summed E-state index contributed by atoms with van der Waals surface area (Å²) in [6, 6.07) is 11.2. The number of aliphatic imine (C=N–C) groups is 1. The number of aryl methyl sites for hydroxylation is 1. The van der Waals surface area contributed by atoms with E-state index < -0.39 is 0 Å². The summed E-state index contributed by atoms with van der Waals surface area (Å²) in [5.74, 6) is 1.30. The van der Waals surface area contributed by atoms with Gasteiger partial charge >= 0.3 is 0 Å². The number of nitrogens with zero attached hydrogens (tertiary/aromatic N) is 4. The first-order valence-corrected chi connectivity index (χ1v) is 9.10. The van der Waals surface area contributed by atoms with Crippen molar-refractivity contribution in [2.24, 2.45) is 10.7 Å². The maximum Gasteiger partial charge on any atom is 0.189 e. The highest BCUT2D eigenvalue weighted by molar-refractivity contribution is 6.35. The predicted molar refractivity (Wildman–Crippen MR) is 106 cm³/mol. The van der Waals surface area contributed by atoms with Gasteiger partial charge in [-0.05, 0) is 43.2 Å². The van der Waals surface area contributed by atoms with E-state index in [4.69, 9.17) is 28.9 Å². The third kappa shape index (κ3) is 4.45. The number of rotatable bonds is 6. The molecule has 3 aromatic rings. The van der Waals surface area contributed by atoms with Gasteiger partial charge in [0.1, 0.15) is 5.82 Å². The minimum atomic E-state index is -0.0658. The Balaban J connectivity index is 1.52. The molecule has 3 N–H and O–H groups in total. The Morgan fingerprint density at radius 3 is 2.92 bits per heavy atom. The van der Waals surface area contributed by atoms with Gasteiger partial charge in [0.05, 0.1) is 6.04 Å². The minimum Gasteiger partial charge on any atom is -0.370 e. The smallest absolute Gasteiger partial charge is 0.189 e. The summed E-state index contributed by atoms with van der Waals surface area (Å²) in [6.45, 7) is 2.57. The van der Waals surface area contributed by atoms with Gasteiger partial charge in [0.25, 0.3) is 0 Å². The number of nitrogens with one attached hydrogen (secondary N) is 1. The van der Waals surface area contributed by atoms with E-state index in [2.05, 4.69) is 20.5 Å². The third-order valence-corrected chi connectivity index (χ3v) is 4.58. The average Bonchev–Trinajstić information content (AvgIpc) is 3.02. The molecule has 0 aliphatic carbocycles. The van der Waals surface area contributed by atoms with Crippen LogP contribution in [0.3, 0.4) is 0 Å². The van der Waals surface area contributed by atoms with Gasteiger partial charge in [-0.15, -0.1) is 10.2 Å². The number of nitrogens with two attached hydrogens (primary N) is 1. The van der Waals surface area contributed by atoms with E-state index in [9.17, 15) is 0 Å². The van der Waals surface area contributed by atoms with Crippen molar-refractivity contribution in [3.05, 3.63) is 64.0 Å². The summed E-state index contributed by atoms with van der Waals surface area (Å²) in [5.41, 5.74) is 7.75. The minimum absolute atomic E-state index is 0.0658. The van der Waals surface area contributed by atoms with Crippen LogP contribution >= 0.6 is 23.2 Å². The van der Waals surface area contributed by atoms with Crippen molar-refractivity contribution in [3.8, 4) is 0 Å². The van der Waals surface area contributed by atoms with Crippen molar-refractivity contribution in [1.29, 1.82) is 0 Å². The molecule has 8 heteroatoms. The highest BCUT2D eigenvalue weighted by atomic mass is 35.5. The van der Waals surface area contributed by atoms with Gasteiger partial charge < -0.3 is 11.1 Å². The molecule has 0 saturated carbocycles. The van der Waals surface area contributed by atoms with E-state index in [0.29, 0.717) is 22.5 Å². The molecule has 0 aliphatic heterocycles. The molecule has 0 fully saturated rings. The predicted octanol–water partition coefficient (Wildman–Crippen LogP) is 3.63. The topological polar surface area (TPSA) is 80.6 Å². The summed E-state index contributed by atoms with van der Waals surface area (Å²) >= 11 is 12.1. The van der Waals surface area contributed by atoms with Gasteiger partial charge in [0, 0.05) is 29.2 Å². The molecule has 6 nitrogen and oxygen atoms in total. The summed E-state index contributed by atoms with van der Waals surface area (Å²) in [4.78, 5) is 4.37. The Bertz CT molecular complexity index is 921. The van der Waals surface area contributed by atoms with Gasteiger partial charge in [-0.1, -0.05) is 35.3 Å². The van der Waals surface area contributed by atoms with Crippen molar-refractivity contribution in [2.45, 2.75) is 25.8 Å². The Morgan fingerprint density at radius 1 is 1.27 bits per heavy atom. The zero-order valence-electron chi connectivity index (χ0n) is 14.4. The number of hydrogen-bond donors (Lipinski definition) is 2. The fourth-order valence-corrected chi connectivity index (χ4v) is 3.27. The van der Waals surface area contributed by atoms with Gasteiger partial charge in [-0.25, -0.2) is 0 Å². The molecule has 0 aliphatic rings. The first-order valence-electron chi connectivity index (χ1n) is 8.34. The van der Waals surface area contributed by atoms with E-state index in [-0.39, 0.29) is 6.04 Å². The van der Waals surface area contributed by atoms with Crippen LogP contribution in [0.5, 0.6) is 0 Å². The molecular formula is C18H20Cl2N6. The number of halogens is 2. The second kappa shape index (κ2) is 8.38. The highest BCUT2D eigenvalue weighted by Gasteiger charge is 2.10. The molecule has 2 aromatic heterocycles. The molecule has 2 heterocycles. The molecule has 0 bridgehead atoms. The van der Waals surface area contributed by atoms with Crippen LogP contribution in [0.15, 0.2) is 47.6 Å². The SMILES string of the molecule is CC(NC(N)=NCCCc1nnc2ccccn12)c1ccc(Cl)cc1Cl. The number of pyridine rings is 1.